The standard InChI is InChI=1S/C20H24N4O3/c1-26-10-9-24-19(14-6-4-8-21-12-14)16-17(22-23-18(16)20(24)25)13-5-3-7-15(11-13)27-2/h3-8,11-12,16-19,22-23H,9-10H2,1-2H3. The van der Waals surface area contributed by atoms with Gasteiger partial charge in [-0.3, -0.25) is 9.78 Å². The molecule has 2 saturated heterocycles. The number of hydrazine groups is 1. The van der Waals surface area contributed by atoms with Gasteiger partial charge in [0.2, 0.25) is 5.91 Å². The van der Waals surface area contributed by atoms with Gasteiger partial charge < -0.3 is 14.4 Å². The molecule has 142 valence electrons. The number of amides is 1. The molecule has 1 aromatic heterocycles. The summed E-state index contributed by atoms with van der Waals surface area (Å²) in [5, 5.41) is 0. The summed E-state index contributed by atoms with van der Waals surface area (Å²) in [5.74, 6) is 0.922. The number of nitrogens with one attached hydrogen (secondary N) is 2. The lowest BCUT2D eigenvalue weighted by Gasteiger charge is -2.31. The van der Waals surface area contributed by atoms with Crippen LogP contribution < -0.4 is 15.6 Å². The number of rotatable bonds is 6. The first kappa shape index (κ1) is 17.9. The van der Waals surface area contributed by atoms with E-state index >= 15 is 0 Å². The number of aromatic nitrogens is 1. The molecule has 1 aromatic carbocycles. The zero-order chi connectivity index (χ0) is 18.8. The molecule has 2 N–H and O–H groups in total. The molecule has 4 unspecified atom stereocenters. The normalized spacial score (nSPS) is 27.0. The van der Waals surface area contributed by atoms with E-state index in [4.69, 9.17) is 9.47 Å². The number of benzene rings is 1. The fourth-order valence-electron chi connectivity index (χ4n) is 4.21. The van der Waals surface area contributed by atoms with Gasteiger partial charge in [-0.25, -0.2) is 10.9 Å². The predicted molar refractivity (Wildman–Crippen MR) is 99.9 cm³/mol. The summed E-state index contributed by atoms with van der Waals surface area (Å²) in [7, 11) is 3.31. The quantitative estimate of drug-likeness (QED) is 0.804. The minimum atomic E-state index is -0.289. The number of hydrogen-bond donors (Lipinski definition) is 2. The van der Waals surface area contributed by atoms with E-state index in [-0.39, 0.29) is 30.0 Å². The topological polar surface area (TPSA) is 75.7 Å². The number of carbonyl (C=O) groups excluding carboxylic acids is 1. The van der Waals surface area contributed by atoms with Crippen LogP contribution in [0, 0.1) is 5.92 Å². The first-order valence-corrected chi connectivity index (χ1v) is 9.09. The predicted octanol–water partition coefficient (Wildman–Crippen LogP) is 1.45. The average Bonchev–Trinajstić information content (AvgIpc) is 3.26. The van der Waals surface area contributed by atoms with Crippen LogP contribution in [0.4, 0.5) is 0 Å². The molecule has 7 heteroatoms. The van der Waals surface area contributed by atoms with Crippen LogP contribution in [-0.4, -0.2) is 49.2 Å². The highest BCUT2D eigenvalue weighted by Gasteiger charge is 2.55. The van der Waals surface area contributed by atoms with Gasteiger partial charge in [-0.1, -0.05) is 18.2 Å². The van der Waals surface area contributed by atoms with Gasteiger partial charge in [0.25, 0.3) is 0 Å². The van der Waals surface area contributed by atoms with Crippen LogP contribution in [0.2, 0.25) is 0 Å². The number of methoxy groups -OCH3 is 2. The van der Waals surface area contributed by atoms with Gasteiger partial charge in [-0.05, 0) is 29.3 Å². The first-order chi connectivity index (χ1) is 13.2. The van der Waals surface area contributed by atoms with Crippen LogP contribution in [0.5, 0.6) is 5.75 Å². The van der Waals surface area contributed by atoms with Gasteiger partial charge in [0, 0.05) is 32.0 Å². The lowest BCUT2D eigenvalue weighted by molar-refractivity contribution is -0.131. The molecule has 3 heterocycles. The van der Waals surface area contributed by atoms with Crippen molar-refractivity contribution >= 4 is 5.91 Å². The lowest BCUT2D eigenvalue weighted by atomic mass is 9.84. The van der Waals surface area contributed by atoms with E-state index in [2.05, 4.69) is 21.9 Å². The molecule has 2 aliphatic rings. The molecule has 2 fully saturated rings. The Morgan fingerprint density at radius 1 is 1.11 bits per heavy atom. The Kier molecular flexibility index (Phi) is 5.07. The molecule has 0 saturated carbocycles. The Bertz CT molecular complexity index is 801. The third-order valence-electron chi connectivity index (χ3n) is 5.43. The number of carbonyl (C=O) groups is 1. The fraction of sp³-hybridized carbons (Fsp3) is 0.400. The molecule has 0 aliphatic carbocycles. The molecule has 1 amide bonds. The van der Waals surface area contributed by atoms with Crippen molar-refractivity contribution in [2.75, 3.05) is 27.4 Å². The molecule has 4 rings (SSSR count). The molecule has 0 spiro atoms. The minimum absolute atomic E-state index is 0.0215. The monoisotopic (exact) mass is 368 g/mol. The highest BCUT2D eigenvalue weighted by molar-refractivity contribution is 5.86. The highest BCUT2D eigenvalue weighted by atomic mass is 16.5. The summed E-state index contributed by atoms with van der Waals surface area (Å²) < 4.78 is 10.6. The Balaban J connectivity index is 1.73. The second-order valence-electron chi connectivity index (χ2n) is 6.85. The molecule has 0 bridgehead atoms. The summed E-state index contributed by atoms with van der Waals surface area (Å²) in [5.41, 5.74) is 8.67. The van der Waals surface area contributed by atoms with Gasteiger partial charge in [-0.2, -0.15) is 0 Å². The fourth-order valence-corrected chi connectivity index (χ4v) is 4.21. The maximum Gasteiger partial charge on any atom is 0.242 e. The zero-order valence-corrected chi connectivity index (χ0v) is 15.5. The van der Waals surface area contributed by atoms with Crippen molar-refractivity contribution in [1.82, 2.24) is 20.7 Å². The van der Waals surface area contributed by atoms with Crippen molar-refractivity contribution in [1.29, 1.82) is 0 Å². The number of fused-ring (bicyclic) bond motifs is 1. The van der Waals surface area contributed by atoms with E-state index in [1.807, 2.05) is 41.4 Å². The smallest absolute Gasteiger partial charge is 0.242 e. The number of likely N-dealkylation sites (tertiary alicyclic amines) is 1. The van der Waals surface area contributed by atoms with Crippen molar-refractivity contribution in [2.45, 2.75) is 18.1 Å². The maximum absolute atomic E-state index is 13.1. The second kappa shape index (κ2) is 7.64. The van der Waals surface area contributed by atoms with Crippen LogP contribution >= 0.6 is 0 Å². The van der Waals surface area contributed by atoms with Crippen molar-refractivity contribution in [3.05, 3.63) is 59.9 Å². The van der Waals surface area contributed by atoms with Gasteiger partial charge in [0.1, 0.15) is 11.8 Å². The van der Waals surface area contributed by atoms with E-state index in [9.17, 15) is 4.79 Å². The van der Waals surface area contributed by atoms with Gasteiger partial charge in [-0.15, -0.1) is 0 Å². The van der Waals surface area contributed by atoms with E-state index < -0.39 is 0 Å². The maximum atomic E-state index is 13.1. The highest BCUT2D eigenvalue weighted by Crippen LogP contribution is 2.47. The van der Waals surface area contributed by atoms with E-state index in [0.29, 0.717) is 13.2 Å². The van der Waals surface area contributed by atoms with Crippen molar-refractivity contribution < 1.29 is 14.3 Å². The second-order valence-corrected chi connectivity index (χ2v) is 6.85. The third kappa shape index (κ3) is 3.18. The van der Waals surface area contributed by atoms with Gasteiger partial charge in [0.15, 0.2) is 0 Å². The third-order valence-corrected chi connectivity index (χ3v) is 5.43. The summed E-state index contributed by atoms with van der Waals surface area (Å²) in [6, 6.07) is 11.5. The number of nitrogens with zero attached hydrogens (tertiary/aromatic N) is 2. The van der Waals surface area contributed by atoms with Crippen molar-refractivity contribution in [3.8, 4) is 5.75 Å². The molecule has 2 aromatic rings. The van der Waals surface area contributed by atoms with Crippen LogP contribution in [0.3, 0.4) is 0 Å². The summed E-state index contributed by atoms with van der Waals surface area (Å²) in [6.07, 6.45) is 3.60. The summed E-state index contributed by atoms with van der Waals surface area (Å²) >= 11 is 0. The molecular formula is C20H24N4O3. The van der Waals surface area contributed by atoms with E-state index in [0.717, 1.165) is 16.9 Å². The first-order valence-electron chi connectivity index (χ1n) is 9.09. The van der Waals surface area contributed by atoms with Crippen molar-refractivity contribution in [3.63, 3.8) is 0 Å². The largest absolute Gasteiger partial charge is 0.497 e. The molecule has 0 radical (unpaired) electrons. The summed E-state index contributed by atoms with van der Waals surface area (Å²) in [6.45, 7) is 1.05. The van der Waals surface area contributed by atoms with Crippen LogP contribution in [-0.2, 0) is 9.53 Å². The molecule has 27 heavy (non-hydrogen) atoms. The van der Waals surface area contributed by atoms with E-state index in [1.165, 1.54) is 0 Å². The molecule has 7 nitrogen and oxygen atoms in total. The number of hydrogen-bond acceptors (Lipinski definition) is 6. The lowest BCUT2D eigenvalue weighted by Crippen LogP contribution is -2.42. The van der Waals surface area contributed by atoms with Gasteiger partial charge in [0.05, 0.1) is 25.8 Å². The van der Waals surface area contributed by atoms with Crippen LogP contribution in [0.1, 0.15) is 23.2 Å². The molecule has 2 aliphatic heterocycles. The summed E-state index contributed by atoms with van der Waals surface area (Å²) in [4.78, 5) is 19.3. The Morgan fingerprint density at radius 3 is 2.67 bits per heavy atom. The number of ether oxygens (including phenoxy) is 2. The van der Waals surface area contributed by atoms with Gasteiger partial charge >= 0.3 is 0 Å². The van der Waals surface area contributed by atoms with Crippen LogP contribution in [0.15, 0.2) is 48.8 Å². The Morgan fingerprint density at radius 2 is 1.93 bits per heavy atom. The molecule has 4 atom stereocenters. The SMILES string of the molecule is COCCN1C(=O)C2NNC(c3cccc(OC)c3)C2C1c1cccnc1. The Labute approximate surface area is 158 Å². The zero-order valence-electron chi connectivity index (χ0n) is 15.5. The average molecular weight is 368 g/mol. The Hall–Kier alpha value is -2.48. The van der Waals surface area contributed by atoms with Crippen LogP contribution in [0.25, 0.3) is 0 Å². The number of pyridine rings is 1. The van der Waals surface area contributed by atoms with Crippen molar-refractivity contribution in [2.24, 2.45) is 5.92 Å². The van der Waals surface area contributed by atoms with E-state index in [1.54, 1.807) is 20.4 Å². The minimum Gasteiger partial charge on any atom is -0.497 e. The molecular weight excluding hydrogens is 344 g/mol.